The molecular formula is C27H31N3O2. The van der Waals surface area contributed by atoms with Crippen LogP contribution in [0.4, 0.5) is 5.82 Å². The largest absolute Gasteiger partial charge is 0.508 e. The number of anilines is 1. The normalized spacial score (nSPS) is 13.3. The smallest absolute Gasteiger partial charge is 0.228 e. The molecule has 1 unspecified atom stereocenters. The quantitative estimate of drug-likeness (QED) is 0.503. The highest BCUT2D eigenvalue weighted by Crippen LogP contribution is 2.28. The lowest BCUT2D eigenvalue weighted by Crippen LogP contribution is -2.22. The van der Waals surface area contributed by atoms with Crippen molar-refractivity contribution in [3.05, 3.63) is 82.8 Å². The van der Waals surface area contributed by atoms with E-state index in [0.717, 1.165) is 39.8 Å². The lowest BCUT2D eigenvalue weighted by molar-refractivity contribution is -0.119. The van der Waals surface area contributed by atoms with Gasteiger partial charge in [0, 0.05) is 12.3 Å². The highest BCUT2D eigenvalue weighted by molar-refractivity contribution is 5.93. The highest BCUT2D eigenvalue weighted by atomic mass is 16.3. The van der Waals surface area contributed by atoms with Gasteiger partial charge in [-0.25, -0.2) is 9.97 Å². The molecule has 5 heteroatoms. The molecule has 0 spiro atoms. The van der Waals surface area contributed by atoms with Gasteiger partial charge >= 0.3 is 0 Å². The number of amides is 1. The zero-order valence-electron chi connectivity index (χ0n) is 19.2. The molecule has 4 rings (SSSR count). The third-order valence-electron chi connectivity index (χ3n) is 5.48. The number of carbonyl (C=O) groups excluding carboxylic acids is 1. The molecule has 0 radical (unpaired) electrons. The molecule has 1 aliphatic carbocycles. The Labute approximate surface area is 189 Å². The number of aliphatic hydroxyl groups excluding tert-OH is 1. The minimum atomic E-state index is -0.0997. The summed E-state index contributed by atoms with van der Waals surface area (Å²) >= 11 is 0. The number of carbonyl (C=O) groups is 1. The van der Waals surface area contributed by atoms with Gasteiger partial charge in [-0.05, 0) is 47.8 Å². The molecule has 2 aromatic carbocycles. The number of hydrogen-bond donors (Lipinski definition) is 2. The maximum atomic E-state index is 12.6. The molecule has 0 bridgehead atoms. The molecule has 0 saturated carbocycles. The first-order valence-corrected chi connectivity index (χ1v) is 11.3. The summed E-state index contributed by atoms with van der Waals surface area (Å²) in [7, 11) is 0. The average Bonchev–Trinajstić information content (AvgIpc) is 3.01. The molecule has 0 aliphatic heterocycles. The van der Waals surface area contributed by atoms with E-state index in [1.807, 2.05) is 76.2 Å². The molecule has 1 atom stereocenters. The third-order valence-corrected chi connectivity index (χ3v) is 5.48. The summed E-state index contributed by atoms with van der Waals surface area (Å²) in [6.45, 7) is 7.90. The predicted molar refractivity (Wildman–Crippen MR) is 132 cm³/mol. The summed E-state index contributed by atoms with van der Waals surface area (Å²) in [6.07, 6.45) is 7.36. The van der Waals surface area contributed by atoms with Crippen LogP contribution < -0.4 is 5.32 Å². The number of nitrogens with zero attached hydrogens (tertiary/aromatic N) is 2. The van der Waals surface area contributed by atoms with Crippen molar-refractivity contribution in [2.24, 2.45) is 5.92 Å². The molecule has 2 N–H and O–H groups in total. The Balaban J connectivity index is 0.00000141. The molecule has 1 aromatic heterocycles. The summed E-state index contributed by atoms with van der Waals surface area (Å²) in [6, 6.07) is 13.9. The van der Waals surface area contributed by atoms with Crippen LogP contribution in [0, 0.1) is 5.92 Å². The summed E-state index contributed by atoms with van der Waals surface area (Å²) < 4.78 is 0. The summed E-state index contributed by atoms with van der Waals surface area (Å²) in [5, 5.41) is 13.0. The molecule has 5 nitrogen and oxygen atoms in total. The van der Waals surface area contributed by atoms with Gasteiger partial charge < -0.3 is 10.4 Å². The number of rotatable bonds is 5. The minimum absolute atomic E-state index is 0.0500. The van der Waals surface area contributed by atoms with Crippen LogP contribution in [0.5, 0.6) is 0 Å². The highest BCUT2D eigenvalue weighted by Gasteiger charge is 2.18. The molecule has 32 heavy (non-hydrogen) atoms. The summed E-state index contributed by atoms with van der Waals surface area (Å²) in [5.74, 6) is 0.588. The molecule has 0 fully saturated rings. The van der Waals surface area contributed by atoms with Gasteiger partial charge in [0.25, 0.3) is 0 Å². The van der Waals surface area contributed by atoms with Crippen LogP contribution in [-0.4, -0.2) is 21.0 Å². The monoisotopic (exact) mass is 429 g/mol. The van der Waals surface area contributed by atoms with Gasteiger partial charge in [-0.1, -0.05) is 70.2 Å². The first-order chi connectivity index (χ1) is 15.5. The maximum Gasteiger partial charge on any atom is 0.228 e. The van der Waals surface area contributed by atoms with Crippen LogP contribution in [0.1, 0.15) is 56.5 Å². The Morgan fingerprint density at radius 3 is 2.59 bits per heavy atom. The van der Waals surface area contributed by atoms with Crippen molar-refractivity contribution in [1.29, 1.82) is 0 Å². The van der Waals surface area contributed by atoms with Gasteiger partial charge in [0.2, 0.25) is 5.91 Å². The van der Waals surface area contributed by atoms with E-state index in [9.17, 15) is 9.90 Å². The van der Waals surface area contributed by atoms with E-state index in [2.05, 4.69) is 5.32 Å². The Hall–Kier alpha value is -3.47. The van der Waals surface area contributed by atoms with Crippen molar-refractivity contribution in [3.63, 3.8) is 0 Å². The lowest BCUT2D eigenvalue weighted by Gasteiger charge is -2.15. The molecule has 1 amide bonds. The van der Waals surface area contributed by atoms with Crippen molar-refractivity contribution in [2.75, 3.05) is 5.32 Å². The SMILES string of the molecule is CC.CCC(C)C(=O)Nc1nc2ccc3c(c2nc1Cc1ccccc1)CC=CC(O)=C3. The molecule has 3 aromatic rings. The van der Waals surface area contributed by atoms with Crippen molar-refractivity contribution in [2.45, 2.75) is 47.0 Å². The number of allylic oxidation sites excluding steroid dienone is 2. The van der Waals surface area contributed by atoms with Crippen LogP contribution in [0.3, 0.4) is 0 Å². The van der Waals surface area contributed by atoms with Crippen molar-refractivity contribution in [1.82, 2.24) is 9.97 Å². The fourth-order valence-corrected chi connectivity index (χ4v) is 3.52. The first kappa shape index (κ1) is 23.2. The van der Waals surface area contributed by atoms with E-state index in [4.69, 9.17) is 9.97 Å². The standard InChI is InChI=1S/C25H25N3O2.C2H6/c1-3-16(2)25(30)28-24-22(14-17-8-5-4-6-9-17)26-23-20-11-7-10-19(29)15-18(20)12-13-21(23)27-24;1-2/h4-10,12-13,15-16,29H,3,11,14H2,1-2H3,(H,27,28,30);1-2H3. The van der Waals surface area contributed by atoms with Gasteiger partial charge in [-0.3, -0.25) is 4.79 Å². The van der Waals surface area contributed by atoms with Crippen molar-refractivity contribution < 1.29 is 9.90 Å². The number of benzene rings is 2. The van der Waals surface area contributed by atoms with Crippen molar-refractivity contribution in [3.8, 4) is 0 Å². The van der Waals surface area contributed by atoms with Crippen LogP contribution in [0.15, 0.2) is 60.4 Å². The van der Waals surface area contributed by atoms with E-state index >= 15 is 0 Å². The summed E-state index contributed by atoms with van der Waals surface area (Å²) in [4.78, 5) is 22.3. The molecule has 1 heterocycles. The fraction of sp³-hybridized carbons (Fsp3) is 0.296. The van der Waals surface area contributed by atoms with Gasteiger partial charge in [0.15, 0.2) is 5.82 Å². The number of aromatic nitrogens is 2. The number of hydrogen-bond acceptors (Lipinski definition) is 4. The molecular weight excluding hydrogens is 398 g/mol. The van der Waals surface area contributed by atoms with Gasteiger partial charge in [0.1, 0.15) is 5.76 Å². The first-order valence-electron chi connectivity index (χ1n) is 11.3. The molecule has 166 valence electrons. The third kappa shape index (κ3) is 5.22. The minimum Gasteiger partial charge on any atom is -0.508 e. The topological polar surface area (TPSA) is 75.1 Å². The predicted octanol–water partition coefficient (Wildman–Crippen LogP) is 6.24. The fourth-order valence-electron chi connectivity index (χ4n) is 3.52. The number of fused-ring (bicyclic) bond motifs is 3. The van der Waals surface area contributed by atoms with E-state index in [-0.39, 0.29) is 17.6 Å². The zero-order valence-corrected chi connectivity index (χ0v) is 19.2. The van der Waals surface area contributed by atoms with E-state index in [1.165, 1.54) is 0 Å². The Morgan fingerprint density at radius 1 is 1.12 bits per heavy atom. The maximum absolute atomic E-state index is 12.6. The Bertz CT molecular complexity index is 1150. The lowest BCUT2D eigenvalue weighted by atomic mass is 10.0. The van der Waals surface area contributed by atoms with Crippen LogP contribution >= 0.6 is 0 Å². The van der Waals surface area contributed by atoms with Crippen LogP contribution in [0.25, 0.3) is 17.1 Å². The van der Waals surface area contributed by atoms with Crippen LogP contribution in [0.2, 0.25) is 0 Å². The van der Waals surface area contributed by atoms with E-state index in [0.29, 0.717) is 18.7 Å². The van der Waals surface area contributed by atoms with Gasteiger partial charge in [0.05, 0.1) is 16.7 Å². The second kappa shape index (κ2) is 10.7. The van der Waals surface area contributed by atoms with Gasteiger partial charge in [-0.15, -0.1) is 0 Å². The summed E-state index contributed by atoms with van der Waals surface area (Å²) in [5.41, 5.74) is 5.32. The Kier molecular flexibility index (Phi) is 7.77. The molecule has 1 aliphatic rings. The van der Waals surface area contributed by atoms with E-state index in [1.54, 1.807) is 12.2 Å². The van der Waals surface area contributed by atoms with Crippen LogP contribution in [-0.2, 0) is 17.6 Å². The number of aliphatic hydroxyl groups is 1. The molecule has 0 saturated heterocycles. The second-order valence-corrected chi connectivity index (χ2v) is 7.66. The van der Waals surface area contributed by atoms with Crippen molar-refractivity contribution >= 4 is 28.8 Å². The number of nitrogens with one attached hydrogen (secondary N) is 1. The van der Waals surface area contributed by atoms with Gasteiger partial charge in [-0.2, -0.15) is 0 Å². The van der Waals surface area contributed by atoms with E-state index < -0.39 is 0 Å². The second-order valence-electron chi connectivity index (χ2n) is 7.66. The zero-order chi connectivity index (χ0) is 23.1. The average molecular weight is 430 g/mol. The Morgan fingerprint density at radius 2 is 1.88 bits per heavy atom.